The lowest BCUT2D eigenvalue weighted by Gasteiger charge is -2.26. The summed E-state index contributed by atoms with van der Waals surface area (Å²) in [7, 11) is 1.50. The molecule has 15 nitrogen and oxygen atoms in total. The first-order chi connectivity index (χ1) is 19.8. The SMILES string of the molecule is CC(C)(C(N)=O)C(=O)NCCCNc1nc(Nc2cccc(NC(=O)CCC(N)=O)c2)ncc1Br.CON1CCC1=O. The van der Waals surface area contributed by atoms with E-state index in [9.17, 15) is 24.0 Å². The van der Waals surface area contributed by atoms with Crippen molar-refractivity contribution < 1.29 is 28.8 Å². The van der Waals surface area contributed by atoms with Gasteiger partial charge in [-0.1, -0.05) is 6.07 Å². The number of primary amides is 2. The van der Waals surface area contributed by atoms with Gasteiger partial charge < -0.3 is 32.7 Å². The molecule has 0 atom stereocenters. The van der Waals surface area contributed by atoms with Gasteiger partial charge in [-0.25, -0.2) is 10.0 Å². The van der Waals surface area contributed by atoms with Gasteiger partial charge in [0.25, 0.3) is 0 Å². The molecule has 0 bridgehead atoms. The number of β-lactam (4-membered cyclic amide) rings is 1. The maximum absolute atomic E-state index is 12.0. The number of aromatic nitrogens is 2. The highest BCUT2D eigenvalue weighted by atomic mass is 79.9. The predicted molar refractivity (Wildman–Crippen MR) is 159 cm³/mol. The van der Waals surface area contributed by atoms with Gasteiger partial charge in [-0.05, 0) is 54.4 Å². The number of benzene rings is 1. The topological polar surface area (TPSA) is 224 Å². The molecular weight excluding hydrogens is 614 g/mol. The molecule has 0 unspecified atom stereocenters. The summed E-state index contributed by atoms with van der Waals surface area (Å²) in [5, 5.41) is 13.0. The average Bonchev–Trinajstić information content (AvgIpc) is 2.93. The van der Waals surface area contributed by atoms with Gasteiger partial charge in [0.2, 0.25) is 35.5 Å². The molecule has 42 heavy (non-hydrogen) atoms. The van der Waals surface area contributed by atoms with Gasteiger partial charge in [0.15, 0.2) is 0 Å². The van der Waals surface area contributed by atoms with Crippen molar-refractivity contribution in [2.45, 2.75) is 39.5 Å². The minimum atomic E-state index is -1.27. The maximum atomic E-state index is 12.0. The van der Waals surface area contributed by atoms with E-state index in [-0.39, 0.29) is 24.7 Å². The van der Waals surface area contributed by atoms with Gasteiger partial charge in [-0.2, -0.15) is 4.98 Å². The van der Waals surface area contributed by atoms with Crippen LogP contribution in [0.2, 0.25) is 0 Å². The summed E-state index contributed by atoms with van der Waals surface area (Å²) >= 11 is 3.40. The van der Waals surface area contributed by atoms with Gasteiger partial charge in [0.05, 0.1) is 18.1 Å². The fraction of sp³-hybridized carbons (Fsp3) is 0.423. The van der Waals surface area contributed by atoms with Crippen LogP contribution in [0.25, 0.3) is 0 Å². The van der Waals surface area contributed by atoms with Crippen LogP contribution in [0.5, 0.6) is 0 Å². The van der Waals surface area contributed by atoms with Crippen LogP contribution in [-0.4, -0.2) is 71.3 Å². The number of anilines is 4. The second-order valence-corrected chi connectivity index (χ2v) is 10.4. The predicted octanol–water partition coefficient (Wildman–Crippen LogP) is 1.40. The maximum Gasteiger partial charge on any atom is 0.247 e. The summed E-state index contributed by atoms with van der Waals surface area (Å²) in [6.45, 7) is 4.56. The van der Waals surface area contributed by atoms with E-state index in [0.29, 0.717) is 53.5 Å². The number of amides is 5. The number of carbonyl (C=O) groups excluding carboxylic acids is 5. The lowest BCUT2D eigenvalue weighted by atomic mass is 9.91. The van der Waals surface area contributed by atoms with Gasteiger partial charge in [-0.15, -0.1) is 0 Å². The van der Waals surface area contributed by atoms with Crippen molar-refractivity contribution in [3.8, 4) is 0 Å². The first kappa shape index (κ1) is 33.9. The highest BCUT2D eigenvalue weighted by Crippen LogP contribution is 2.23. The molecule has 1 aromatic heterocycles. The first-order valence-corrected chi connectivity index (χ1v) is 13.8. The first-order valence-electron chi connectivity index (χ1n) is 13.0. The van der Waals surface area contributed by atoms with E-state index in [1.807, 2.05) is 0 Å². The zero-order valence-corrected chi connectivity index (χ0v) is 25.2. The fourth-order valence-corrected chi connectivity index (χ4v) is 3.46. The molecule has 1 aliphatic heterocycles. The lowest BCUT2D eigenvalue weighted by molar-refractivity contribution is -0.196. The van der Waals surface area contributed by atoms with Crippen LogP contribution in [0.3, 0.4) is 0 Å². The number of hydrogen-bond acceptors (Lipinski definition) is 10. The summed E-state index contributed by atoms with van der Waals surface area (Å²) in [5.41, 5.74) is 10.2. The molecule has 1 fully saturated rings. The highest BCUT2D eigenvalue weighted by Gasteiger charge is 2.33. The zero-order valence-electron chi connectivity index (χ0n) is 23.7. The molecule has 1 aromatic carbocycles. The quantitative estimate of drug-likeness (QED) is 0.0979. The number of nitrogens with one attached hydrogen (secondary N) is 4. The van der Waals surface area contributed by atoms with Crippen LogP contribution < -0.4 is 32.7 Å². The lowest BCUT2D eigenvalue weighted by Crippen LogP contribution is -2.46. The number of hydroxylamine groups is 2. The van der Waals surface area contributed by atoms with Crippen LogP contribution in [0.1, 0.15) is 39.5 Å². The number of nitrogens with zero attached hydrogens (tertiary/aromatic N) is 3. The standard InChI is InChI=1S/C22H29BrN8O4.C4H7NO2/c1-22(2,19(25)34)20(35)27-10-4-9-26-18-15(23)12-28-21(31-18)30-14-6-3-5-13(11-14)29-17(33)8-7-16(24)32;1-7-5-3-2-4(5)6/h3,5-6,11-12H,4,7-10H2,1-2H3,(H2,24,32)(H2,25,34)(H,27,35)(H,29,33)(H2,26,28,30,31);2-3H2,1H3. The van der Waals surface area contributed by atoms with E-state index >= 15 is 0 Å². The van der Waals surface area contributed by atoms with Crippen LogP contribution >= 0.6 is 15.9 Å². The summed E-state index contributed by atoms with van der Waals surface area (Å²) in [6.07, 6.45) is 2.80. The van der Waals surface area contributed by atoms with E-state index < -0.39 is 23.1 Å². The average molecular weight is 651 g/mol. The molecule has 228 valence electrons. The molecule has 2 heterocycles. The Hall–Kier alpha value is -4.31. The van der Waals surface area contributed by atoms with E-state index in [1.165, 1.54) is 26.0 Å². The van der Waals surface area contributed by atoms with Crippen molar-refractivity contribution in [1.82, 2.24) is 20.3 Å². The van der Waals surface area contributed by atoms with Crippen molar-refractivity contribution in [1.29, 1.82) is 0 Å². The molecule has 5 amide bonds. The number of hydrogen-bond donors (Lipinski definition) is 6. The summed E-state index contributed by atoms with van der Waals surface area (Å²) < 4.78 is 0.650. The second-order valence-electron chi connectivity index (χ2n) is 9.56. The molecule has 1 aliphatic rings. The molecular formula is C26H36BrN9O6. The molecule has 16 heteroatoms. The van der Waals surface area contributed by atoms with Gasteiger partial charge in [0, 0.05) is 49.9 Å². The third-order valence-corrected chi connectivity index (χ3v) is 6.47. The van der Waals surface area contributed by atoms with E-state index in [0.717, 1.165) is 6.54 Å². The number of halogens is 1. The Bertz CT molecular complexity index is 1290. The number of carbonyl (C=O) groups is 5. The van der Waals surface area contributed by atoms with Crippen LogP contribution in [-0.2, 0) is 28.8 Å². The van der Waals surface area contributed by atoms with Crippen molar-refractivity contribution in [3.63, 3.8) is 0 Å². The molecule has 0 aliphatic carbocycles. The van der Waals surface area contributed by atoms with Crippen molar-refractivity contribution >= 4 is 68.6 Å². The molecule has 0 radical (unpaired) electrons. The smallest absolute Gasteiger partial charge is 0.247 e. The zero-order chi connectivity index (χ0) is 31.3. The minimum absolute atomic E-state index is 0.00439. The molecule has 1 saturated heterocycles. The molecule has 8 N–H and O–H groups in total. The Morgan fingerprint density at radius 3 is 2.40 bits per heavy atom. The fourth-order valence-electron chi connectivity index (χ4n) is 3.13. The van der Waals surface area contributed by atoms with E-state index in [1.54, 1.807) is 30.5 Å². The Balaban J connectivity index is 0.000000766. The third-order valence-electron chi connectivity index (χ3n) is 5.89. The largest absolute Gasteiger partial charge is 0.370 e. The summed E-state index contributed by atoms with van der Waals surface area (Å²) in [6, 6.07) is 6.95. The van der Waals surface area contributed by atoms with Crippen LogP contribution in [0, 0.1) is 5.41 Å². The van der Waals surface area contributed by atoms with Crippen LogP contribution in [0.4, 0.5) is 23.1 Å². The Labute approximate surface area is 251 Å². The van der Waals surface area contributed by atoms with Gasteiger partial charge in [0.1, 0.15) is 11.2 Å². The van der Waals surface area contributed by atoms with Crippen molar-refractivity contribution in [2.24, 2.45) is 16.9 Å². The molecule has 0 saturated carbocycles. The minimum Gasteiger partial charge on any atom is -0.370 e. The Morgan fingerprint density at radius 2 is 1.83 bits per heavy atom. The molecule has 3 rings (SSSR count). The Morgan fingerprint density at radius 1 is 1.12 bits per heavy atom. The molecule has 0 spiro atoms. The molecule has 2 aromatic rings. The highest BCUT2D eigenvalue weighted by molar-refractivity contribution is 9.10. The van der Waals surface area contributed by atoms with E-state index in [4.69, 9.17) is 11.5 Å². The van der Waals surface area contributed by atoms with Gasteiger partial charge in [-0.3, -0.25) is 28.8 Å². The van der Waals surface area contributed by atoms with Crippen molar-refractivity contribution in [2.75, 3.05) is 42.7 Å². The summed E-state index contributed by atoms with van der Waals surface area (Å²) in [4.78, 5) is 69.6. The van der Waals surface area contributed by atoms with Crippen molar-refractivity contribution in [3.05, 3.63) is 34.9 Å². The van der Waals surface area contributed by atoms with Crippen LogP contribution in [0.15, 0.2) is 34.9 Å². The normalized spacial score (nSPS) is 12.3. The second kappa shape index (κ2) is 16.2. The Kier molecular flexibility index (Phi) is 13.1. The van der Waals surface area contributed by atoms with Gasteiger partial charge >= 0.3 is 0 Å². The monoisotopic (exact) mass is 649 g/mol. The number of nitrogens with two attached hydrogens (primary N) is 2. The third kappa shape index (κ3) is 10.9. The van der Waals surface area contributed by atoms with E-state index in [2.05, 4.69) is 52.0 Å². The summed E-state index contributed by atoms with van der Waals surface area (Å²) in [5.74, 6) is -1.01. The number of rotatable bonds is 14.